The number of hydrogen-bond acceptors (Lipinski definition) is 3. The Morgan fingerprint density at radius 3 is 2.83 bits per heavy atom. The van der Waals surface area contributed by atoms with Crippen molar-refractivity contribution in [1.29, 1.82) is 0 Å². The summed E-state index contributed by atoms with van der Waals surface area (Å²) in [5.41, 5.74) is 1.36. The minimum atomic E-state index is -0.131. The molecular formula is C18H16IN3O2. The van der Waals surface area contributed by atoms with Gasteiger partial charge in [0.1, 0.15) is 12.4 Å². The predicted octanol–water partition coefficient (Wildman–Crippen LogP) is 3.82. The van der Waals surface area contributed by atoms with Gasteiger partial charge in [0, 0.05) is 27.7 Å². The lowest BCUT2D eigenvalue weighted by molar-refractivity contribution is 0.102. The third-order valence-corrected chi connectivity index (χ3v) is 4.30. The summed E-state index contributed by atoms with van der Waals surface area (Å²) < 4.78 is 8.44. The van der Waals surface area contributed by atoms with E-state index in [0.29, 0.717) is 30.2 Å². The van der Waals surface area contributed by atoms with E-state index in [-0.39, 0.29) is 5.91 Å². The number of amides is 1. The molecule has 0 aliphatic rings. The highest BCUT2D eigenvalue weighted by molar-refractivity contribution is 14.1. The number of aromatic nitrogens is 2. The largest absolute Gasteiger partial charge is 0.492 e. The lowest BCUT2D eigenvalue weighted by atomic mass is 10.2. The first-order valence-electron chi connectivity index (χ1n) is 7.48. The van der Waals surface area contributed by atoms with Gasteiger partial charge < -0.3 is 10.1 Å². The van der Waals surface area contributed by atoms with Crippen molar-refractivity contribution < 1.29 is 9.53 Å². The summed E-state index contributed by atoms with van der Waals surface area (Å²) in [7, 11) is 0. The molecule has 5 nitrogen and oxygen atoms in total. The van der Waals surface area contributed by atoms with Gasteiger partial charge >= 0.3 is 0 Å². The Bertz CT molecular complexity index is 819. The molecule has 1 N–H and O–H groups in total. The molecule has 0 bridgehead atoms. The normalized spacial score (nSPS) is 10.4. The Morgan fingerprint density at radius 1 is 1.17 bits per heavy atom. The molecule has 0 unspecified atom stereocenters. The number of benzene rings is 2. The molecule has 0 aliphatic carbocycles. The molecule has 3 aromatic rings. The first-order chi connectivity index (χ1) is 11.7. The Morgan fingerprint density at radius 2 is 2.04 bits per heavy atom. The second-order valence-electron chi connectivity index (χ2n) is 5.08. The van der Waals surface area contributed by atoms with E-state index in [1.807, 2.05) is 65.5 Å². The molecule has 0 saturated heterocycles. The Balaban J connectivity index is 1.60. The summed E-state index contributed by atoms with van der Waals surface area (Å²) in [5, 5.41) is 7.03. The van der Waals surface area contributed by atoms with E-state index in [9.17, 15) is 4.79 Å². The summed E-state index contributed by atoms with van der Waals surface area (Å²) in [5.74, 6) is 0.580. The van der Waals surface area contributed by atoms with Crippen LogP contribution in [0.3, 0.4) is 0 Å². The quantitative estimate of drug-likeness (QED) is 0.602. The average Bonchev–Trinajstić information content (AvgIpc) is 3.09. The minimum absolute atomic E-state index is 0.131. The zero-order valence-electron chi connectivity index (χ0n) is 12.9. The van der Waals surface area contributed by atoms with Crippen LogP contribution in [0.2, 0.25) is 0 Å². The molecule has 1 aromatic heterocycles. The standard InChI is InChI=1S/C18H16IN3O2/c19-17-8-2-1-7-16(17)18(23)21-14-5-3-6-15(13-14)24-12-11-22-10-4-9-20-22/h1-10,13H,11-12H2,(H,21,23). The Kier molecular flexibility index (Phi) is 5.47. The van der Waals surface area contributed by atoms with Gasteiger partial charge in [-0.1, -0.05) is 18.2 Å². The maximum absolute atomic E-state index is 12.3. The lowest BCUT2D eigenvalue weighted by Crippen LogP contribution is -2.13. The topological polar surface area (TPSA) is 56.1 Å². The summed E-state index contributed by atoms with van der Waals surface area (Å²) in [6, 6.07) is 16.7. The van der Waals surface area contributed by atoms with Crippen LogP contribution in [0.4, 0.5) is 5.69 Å². The number of anilines is 1. The van der Waals surface area contributed by atoms with Gasteiger partial charge in [0.05, 0.1) is 12.1 Å². The highest BCUT2D eigenvalue weighted by atomic mass is 127. The van der Waals surface area contributed by atoms with E-state index >= 15 is 0 Å². The molecule has 2 aromatic carbocycles. The van der Waals surface area contributed by atoms with E-state index in [1.165, 1.54) is 0 Å². The summed E-state index contributed by atoms with van der Waals surface area (Å²) in [4.78, 5) is 12.3. The molecule has 24 heavy (non-hydrogen) atoms. The van der Waals surface area contributed by atoms with Crippen molar-refractivity contribution in [1.82, 2.24) is 9.78 Å². The summed E-state index contributed by atoms with van der Waals surface area (Å²) in [6.07, 6.45) is 3.63. The van der Waals surface area contributed by atoms with E-state index in [4.69, 9.17) is 4.74 Å². The Hall–Kier alpha value is -2.35. The zero-order valence-corrected chi connectivity index (χ0v) is 15.0. The van der Waals surface area contributed by atoms with E-state index in [1.54, 1.807) is 6.20 Å². The van der Waals surface area contributed by atoms with Crippen molar-refractivity contribution in [3.05, 3.63) is 76.1 Å². The van der Waals surface area contributed by atoms with Gasteiger partial charge in [-0.15, -0.1) is 0 Å². The number of carbonyl (C=O) groups excluding carboxylic acids is 1. The summed E-state index contributed by atoms with van der Waals surface area (Å²) in [6.45, 7) is 1.18. The van der Waals surface area contributed by atoms with Crippen LogP contribution in [-0.4, -0.2) is 22.3 Å². The predicted molar refractivity (Wildman–Crippen MR) is 101 cm³/mol. The van der Waals surface area contributed by atoms with Crippen LogP contribution < -0.4 is 10.1 Å². The highest BCUT2D eigenvalue weighted by Crippen LogP contribution is 2.19. The van der Waals surface area contributed by atoms with Crippen molar-refractivity contribution in [2.45, 2.75) is 6.54 Å². The molecule has 3 rings (SSSR count). The molecule has 1 heterocycles. The highest BCUT2D eigenvalue weighted by Gasteiger charge is 2.09. The average molecular weight is 433 g/mol. The van der Waals surface area contributed by atoms with Gasteiger partial charge in [-0.2, -0.15) is 5.10 Å². The van der Waals surface area contributed by atoms with Crippen molar-refractivity contribution >= 4 is 34.2 Å². The molecule has 122 valence electrons. The van der Waals surface area contributed by atoms with E-state index < -0.39 is 0 Å². The molecule has 0 fully saturated rings. The molecule has 0 saturated carbocycles. The van der Waals surface area contributed by atoms with E-state index in [0.717, 1.165) is 3.57 Å². The number of rotatable bonds is 6. The molecule has 6 heteroatoms. The summed E-state index contributed by atoms with van der Waals surface area (Å²) >= 11 is 2.15. The lowest BCUT2D eigenvalue weighted by Gasteiger charge is -2.10. The molecular weight excluding hydrogens is 417 g/mol. The van der Waals surface area contributed by atoms with Gasteiger partial charge in [-0.25, -0.2) is 0 Å². The fourth-order valence-electron chi connectivity index (χ4n) is 2.20. The van der Waals surface area contributed by atoms with Crippen molar-refractivity contribution in [2.75, 3.05) is 11.9 Å². The first-order valence-corrected chi connectivity index (χ1v) is 8.56. The molecule has 0 radical (unpaired) electrons. The fraction of sp³-hybridized carbons (Fsp3) is 0.111. The van der Waals surface area contributed by atoms with Crippen LogP contribution in [0.15, 0.2) is 67.0 Å². The third kappa shape index (κ3) is 4.35. The van der Waals surface area contributed by atoms with Crippen molar-refractivity contribution in [3.63, 3.8) is 0 Å². The zero-order chi connectivity index (χ0) is 16.8. The second kappa shape index (κ2) is 7.96. The van der Waals surface area contributed by atoms with Crippen LogP contribution >= 0.6 is 22.6 Å². The molecule has 1 amide bonds. The van der Waals surface area contributed by atoms with Crippen LogP contribution in [-0.2, 0) is 6.54 Å². The van der Waals surface area contributed by atoms with E-state index in [2.05, 4.69) is 33.0 Å². The van der Waals surface area contributed by atoms with Crippen LogP contribution in [0.5, 0.6) is 5.75 Å². The maximum atomic E-state index is 12.3. The molecule has 0 aliphatic heterocycles. The van der Waals surface area contributed by atoms with Gasteiger partial charge in [-0.05, 0) is 52.9 Å². The van der Waals surface area contributed by atoms with Gasteiger partial charge in [0.15, 0.2) is 0 Å². The number of nitrogens with one attached hydrogen (secondary N) is 1. The van der Waals surface area contributed by atoms with Crippen LogP contribution in [0, 0.1) is 3.57 Å². The molecule has 0 atom stereocenters. The van der Waals surface area contributed by atoms with Crippen molar-refractivity contribution in [3.8, 4) is 5.75 Å². The van der Waals surface area contributed by atoms with Crippen LogP contribution in [0.1, 0.15) is 10.4 Å². The van der Waals surface area contributed by atoms with Crippen LogP contribution in [0.25, 0.3) is 0 Å². The van der Waals surface area contributed by atoms with Gasteiger partial charge in [0.2, 0.25) is 0 Å². The number of ether oxygens (including phenoxy) is 1. The smallest absolute Gasteiger partial charge is 0.256 e. The number of halogens is 1. The Labute approximate surface area is 153 Å². The van der Waals surface area contributed by atoms with Crippen molar-refractivity contribution in [2.24, 2.45) is 0 Å². The fourth-order valence-corrected chi connectivity index (χ4v) is 2.83. The van der Waals surface area contributed by atoms with Gasteiger partial charge in [0.25, 0.3) is 5.91 Å². The molecule has 0 spiro atoms. The number of nitrogens with zero attached hydrogens (tertiary/aromatic N) is 2. The minimum Gasteiger partial charge on any atom is -0.492 e. The number of hydrogen-bond donors (Lipinski definition) is 1. The maximum Gasteiger partial charge on any atom is 0.256 e. The monoisotopic (exact) mass is 433 g/mol. The second-order valence-corrected chi connectivity index (χ2v) is 6.24. The number of carbonyl (C=O) groups is 1. The third-order valence-electron chi connectivity index (χ3n) is 3.36. The first kappa shape index (κ1) is 16.5. The SMILES string of the molecule is O=C(Nc1cccc(OCCn2cccn2)c1)c1ccccc1I. The van der Waals surface area contributed by atoms with Gasteiger partial charge in [-0.3, -0.25) is 9.48 Å².